The van der Waals surface area contributed by atoms with Crippen LogP contribution in [0.5, 0.6) is 0 Å². The van der Waals surface area contributed by atoms with Gasteiger partial charge in [-0.2, -0.15) is 0 Å². The Morgan fingerprint density at radius 3 is 2.60 bits per heavy atom. The first-order chi connectivity index (χ1) is 9.90. The Hall–Kier alpha value is -0.900. The van der Waals surface area contributed by atoms with Gasteiger partial charge in [0, 0.05) is 26.2 Å². The molecule has 2 heterocycles. The monoisotopic (exact) mass is 274 g/mol. The molecule has 2 saturated heterocycles. The molecule has 1 atom stereocenters. The lowest BCUT2D eigenvalue weighted by Gasteiger charge is -2.33. The second kappa shape index (κ2) is 7.21. The highest BCUT2D eigenvalue weighted by Gasteiger charge is 2.21. The fourth-order valence-corrected chi connectivity index (χ4v) is 3.27. The van der Waals surface area contributed by atoms with Crippen molar-refractivity contribution in [3.63, 3.8) is 0 Å². The molecule has 3 rings (SSSR count). The van der Waals surface area contributed by atoms with Crippen molar-refractivity contribution in [1.29, 1.82) is 0 Å². The molecule has 2 aliphatic heterocycles. The molecule has 0 amide bonds. The molecule has 1 unspecified atom stereocenters. The number of likely N-dealkylation sites (tertiary alicyclic amines) is 1. The van der Waals surface area contributed by atoms with Crippen LogP contribution in [0.25, 0.3) is 0 Å². The number of hydrogen-bond acceptors (Lipinski definition) is 3. The number of benzene rings is 1. The lowest BCUT2D eigenvalue weighted by atomic mass is 10.1. The summed E-state index contributed by atoms with van der Waals surface area (Å²) in [6.07, 6.45) is 4.37. The summed E-state index contributed by atoms with van der Waals surface area (Å²) in [6.45, 7) is 7.89. The first-order valence-electron chi connectivity index (χ1n) is 8.00. The van der Waals surface area contributed by atoms with E-state index in [1.54, 1.807) is 0 Å². The van der Waals surface area contributed by atoms with Crippen molar-refractivity contribution in [2.24, 2.45) is 0 Å². The molecular weight excluding hydrogens is 248 g/mol. The minimum absolute atomic E-state index is 0.424. The molecule has 3 nitrogen and oxygen atoms in total. The standard InChI is InChI=1S/C17H26N2O/c1-2-6-16(7-3-1)14-19-12-13-20-17(15-19)8-11-18-9-4-5-10-18/h1-3,6-7,17H,4-5,8-15H2. The van der Waals surface area contributed by atoms with Gasteiger partial charge in [0.05, 0.1) is 12.7 Å². The van der Waals surface area contributed by atoms with Gasteiger partial charge in [-0.05, 0) is 37.9 Å². The lowest BCUT2D eigenvalue weighted by Crippen LogP contribution is -2.43. The van der Waals surface area contributed by atoms with Gasteiger partial charge in [0.15, 0.2) is 0 Å². The zero-order valence-electron chi connectivity index (χ0n) is 12.3. The molecular formula is C17H26N2O. The Morgan fingerprint density at radius 1 is 1.00 bits per heavy atom. The molecule has 1 aromatic rings. The van der Waals surface area contributed by atoms with Crippen molar-refractivity contribution in [3.05, 3.63) is 35.9 Å². The van der Waals surface area contributed by atoms with Gasteiger partial charge < -0.3 is 9.64 Å². The van der Waals surface area contributed by atoms with Crippen LogP contribution in [0, 0.1) is 0 Å². The van der Waals surface area contributed by atoms with E-state index in [9.17, 15) is 0 Å². The van der Waals surface area contributed by atoms with Crippen LogP contribution in [0.2, 0.25) is 0 Å². The van der Waals surface area contributed by atoms with Crippen LogP contribution in [-0.4, -0.2) is 55.2 Å². The zero-order chi connectivity index (χ0) is 13.6. The van der Waals surface area contributed by atoms with Crippen molar-refractivity contribution in [2.45, 2.75) is 31.9 Å². The number of nitrogens with zero attached hydrogens (tertiary/aromatic N) is 2. The highest BCUT2D eigenvalue weighted by molar-refractivity contribution is 5.14. The second-order valence-corrected chi connectivity index (χ2v) is 6.05. The molecule has 0 aliphatic carbocycles. The molecule has 0 bridgehead atoms. The van der Waals surface area contributed by atoms with E-state index in [2.05, 4.69) is 40.1 Å². The van der Waals surface area contributed by atoms with E-state index >= 15 is 0 Å². The fourth-order valence-electron chi connectivity index (χ4n) is 3.27. The van der Waals surface area contributed by atoms with Crippen molar-refractivity contribution in [1.82, 2.24) is 9.80 Å². The van der Waals surface area contributed by atoms with E-state index in [1.807, 2.05) is 0 Å². The molecule has 0 N–H and O–H groups in total. The predicted molar refractivity (Wildman–Crippen MR) is 81.8 cm³/mol. The van der Waals surface area contributed by atoms with Gasteiger partial charge in [-0.25, -0.2) is 0 Å². The minimum Gasteiger partial charge on any atom is -0.376 e. The largest absolute Gasteiger partial charge is 0.376 e. The average Bonchev–Trinajstić information content (AvgIpc) is 3.00. The summed E-state index contributed by atoms with van der Waals surface area (Å²) in [4.78, 5) is 5.12. The first-order valence-corrected chi connectivity index (χ1v) is 8.00. The average molecular weight is 274 g/mol. The third-order valence-corrected chi connectivity index (χ3v) is 4.44. The smallest absolute Gasteiger partial charge is 0.0714 e. The van der Waals surface area contributed by atoms with Crippen LogP contribution in [0.15, 0.2) is 30.3 Å². The number of ether oxygens (including phenoxy) is 1. The summed E-state index contributed by atoms with van der Waals surface area (Å²) in [5.41, 5.74) is 1.41. The Kier molecular flexibility index (Phi) is 5.06. The molecule has 3 heteroatoms. The zero-order valence-corrected chi connectivity index (χ0v) is 12.3. The van der Waals surface area contributed by atoms with Crippen molar-refractivity contribution in [2.75, 3.05) is 39.3 Å². The van der Waals surface area contributed by atoms with Crippen molar-refractivity contribution < 1.29 is 4.74 Å². The van der Waals surface area contributed by atoms with E-state index in [-0.39, 0.29) is 0 Å². The van der Waals surface area contributed by atoms with Crippen molar-refractivity contribution >= 4 is 0 Å². The van der Waals surface area contributed by atoms with Crippen molar-refractivity contribution in [3.8, 4) is 0 Å². The first kappa shape index (κ1) is 14.1. The molecule has 0 radical (unpaired) electrons. The van der Waals surface area contributed by atoms with Gasteiger partial charge in [0.1, 0.15) is 0 Å². The molecule has 110 valence electrons. The third-order valence-electron chi connectivity index (χ3n) is 4.44. The van der Waals surface area contributed by atoms with Crippen LogP contribution >= 0.6 is 0 Å². The summed E-state index contributed by atoms with van der Waals surface area (Å²) in [7, 11) is 0. The topological polar surface area (TPSA) is 15.7 Å². The van der Waals surface area contributed by atoms with E-state index in [4.69, 9.17) is 4.74 Å². The third kappa shape index (κ3) is 4.05. The Bertz CT molecular complexity index is 389. The highest BCUT2D eigenvalue weighted by Crippen LogP contribution is 2.14. The number of morpholine rings is 1. The molecule has 2 aliphatic rings. The lowest BCUT2D eigenvalue weighted by molar-refractivity contribution is -0.0376. The summed E-state index contributed by atoms with van der Waals surface area (Å²) >= 11 is 0. The number of hydrogen-bond donors (Lipinski definition) is 0. The number of rotatable bonds is 5. The normalized spacial score (nSPS) is 25.1. The molecule has 1 aromatic carbocycles. The molecule has 0 spiro atoms. The van der Waals surface area contributed by atoms with Gasteiger partial charge >= 0.3 is 0 Å². The van der Waals surface area contributed by atoms with Crippen LogP contribution in [0.4, 0.5) is 0 Å². The van der Waals surface area contributed by atoms with Gasteiger partial charge in [-0.1, -0.05) is 30.3 Å². The Labute approximate surface area is 122 Å². The summed E-state index contributed by atoms with van der Waals surface area (Å²) < 4.78 is 5.94. The second-order valence-electron chi connectivity index (χ2n) is 6.05. The van der Waals surface area contributed by atoms with Crippen LogP contribution in [0.3, 0.4) is 0 Å². The van der Waals surface area contributed by atoms with E-state index in [1.165, 1.54) is 44.5 Å². The maximum absolute atomic E-state index is 5.94. The predicted octanol–water partition coefficient (Wildman–Crippen LogP) is 2.37. The summed E-state index contributed by atoms with van der Waals surface area (Å²) in [5, 5.41) is 0. The molecule has 2 fully saturated rings. The van der Waals surface area contributed by atoms with Crippen LogP contribution in [0.1, 0.15) is 24.8 Å². The van der Waals surface area contributed by atoms with E-state index in [0.29, 0.717) is 6.10 Å². The van der Waals surface area contributed by atoms with Gasteiger partial charge in [0.2, 0.25) is 0 Å². The Balaban J connectivity index is 1.44. The molecule has 20 heavy (non-hydrogen) atoms. The highest BCUT2D eigenvalue weighted by atomic mass is 16.5. The van der Waals surface area contributed by atoms with Gasteiger partial charge in [-0.15, -0.1) is 0 Å². The SMILES string of the molecule is c1ccc(CN2CCOC(CCN3CCCC3)C2)cc1. The molecule has 0 saturated carbocycles. The quantitative estimate of drug-likeness (QED) is 0.820. The maximum atomic E-state index is 5.94. The minimum atomic E-state index is 0.424. The molecule has 0 aromatic heterocycles. The summed E-state index contributed by atoms with van der Waals surface area (Å²) in [6, 6.07) is 10.8. The Morgan fingerprint density at radius 2 is 1.80 bits per heavy atom. The van der Waals surface area contributed by atoms with Gasteiger partial charge in [-0.3, -0.25) is 4.90 Å². The van der Waals surface area contributed by atoms with Crippen LogP contribution in [-0.2, 0) is 11.3 Å². The maximum Gasteiger partial charge on any atom is 0.0714 e. The van der Waals surface area contributed by atoms with E-state index in [0.717, 1.165) is 26.2 Å². The fraction of sp³-hybridized carbons (Fsp3) is 0.647. The van der Waals surface area contributed by atoms with Crippen LogP contribution < -0.4 is 0 Å². The van der Waals surface area contributed by atoms with E-state index < -0.39 is 0 Å². The summed E-state index contributed by atoms with van der Waals surface area (Å²) in [5.74, 6) is 0. The van der Waals surface area contributed by atoms with Gasteiger partial charge in [0.25, 0.3) is 0 Å².